The third-order valence-electron chi connectivity index (χ3n) is 15.8. The summed E-state index contributed by atoms with van der Waals surface area (Å²) in [6.07, 6.45) is 81.2. The molecule has 0 aliphatic heterocycles. The van der Waals surface area contributed by atoms with Crippen molar-refractivity contribution in [2.24, 2.45) is 11.8 Å². The van der Waals surface area contributed by atoms with Crippen molar-refractivity contribution in [3.63, 3.8) is 0 Å². The maximum Gasteiger partial charge on any atom is 0.316 e. The quantitative estimate of drug-likeness (QED) is 0.0264. The predicted molar refractivity (Wildman–Crippen MR) is 318 cm³/mol. The molecule has 2 atom stereocenters. The molecule has 0 fully saturated rings. The van der Waals surface area contributed by atoms with Crippen molar-refractivity contribution in [1.29, 1.82) is 0 Å². The van der Waals surface area contributed by atoms with Gasteiger partial charge in [-0.1, -0.05) is 335 Å². The van der Waals surface area contributed by atoms with Gasteiger partial charge in [0, 0.05) is 0 Å². The first kappa shape index (κ1) is 69.6. The van der Waals surface area contributed by atoms with Gasteiger partial charge in [0.25, 0.3) is 0 Å². The smallest absolute Gasteiger partial charge is 0.316 e. The number of carbonyl (C=O) groups is 2. The Balaban J connectivity index is 5.08. The van der Waals surface area contributed by atoms with Crippen molar-refractivity contribution in [1.82, 2.24) is 0 Å². The Morgan fingerprint density at radius 3 is 0.577 bits per heavy atom. The van der Waals surface area contributed by atoms with Crippen molar-refractivity contribution in [2.45, 2.75) is 387 Å². The molecule has 0 aliphatic rings. The topological polar surface area (TPSA) is 43.4 Å². The van der Waals surface area contributed by atoms with Crippen LogP contribution in [-0.2, 0) is 14.3 Å². The van der Waals surface area contributed by atoms with E-state index in [2.05, 4.69) is 52.0 Å². The van der Waals surface area contributed by atoms with Crippen molar-refractivity contribution in [3.05, 3.63) is 24.3 Å². The molecule has 0 amide bonds. The molecule has 0 radical (unpaired) electrons. The average Bonchev–Trinajstić information content (AvgIpc) is 3.37. The minimum atomic E-state index is -0.207. The van der Waals surface area contributed by atoms with Gasteiger partial charge in [0.05, 0.1) is 11.8 Å². The van der Waals surface area contributed by atoms with Crippen LogP contribution in [0.5, 0.6) is 0 Å². The Hall–Kier alpha value is -1.38. The Morgan fingerprint density at radius 2 is 0.394 bits per heavy atom. The third kappa shape index (κ3) is 54.7. The lowest BCUT2D eigenvalue weighted by Crippen LogP contribution is -2.26. The number of esters is 2. The van der Waals surface area contributed by atoms with E-state index < -0.39 is 0 Å². The van der Waals surface area contributed by atoms with E-state index in [1.54, 1.807) is 0 Å². The normalized spacial score (nSPS) is 12.7. The molecule has 0 aromatic heterocycles. The molecule has 0 saturated heterocycles. The van der Waals surface area contributed by atoms with Gasteiger partial charge in [-0.05, 0) is 77.0 Å². The molecule has 71 heavy (non-hydrogen) atoms. The predicted octanol–water partition coefficient (Wildman–Crippen LogP) is 24.3. The molecule has 3 nitrogen and oxygen atoms in total. The highest BCUT2D eigenvalue weighted by atomic mass is 16.6. The SMILES string of the molecule is CCCCCCCCC=CCCCCCCC(CCCCCCCCCCCCCCCC)C(=O)OC(=O)C(CCCCCCC=CCCCCCCCC)CCCCCCCCCCCCCCCC. The summed E-state index contributed by atoms with van der Waals surface area (Å²) in [5.41, 5.74) is 0. The van der Waals surface area contributed by atoms with Gasteiger partial charge in [-0.2, -0.15) is 0 Å². The largest absolute Gasteiger partial charge is 0.393 e. The zero-order valence-electron chi connectivity index (χ0n) is 49.3. The van der Waals surface area contributed by atoms with Gasteiger partial charge in [0.2, 0.25) is 0 Å². The summed E-state index contributed by atoms with van der Waals surface area (Å²) in [6.45, 7) is 9.17. The van der Waals surface area contributed by atoms with Gasteiger partial charge < -0.3 is 4.74 Å². The van der Waals surface area contributed by atoms with E-state index in [1.165, 1.54) is 308 Å². The van der Waals surface area contributed by atoms with Crippen LogP contribution < -0.4 is 0 Å². The van der Waals surface area contributed by atoms with Crippen LogP contribution in [0.2, 0.25) is 0 Å². The van der Waals surface area contributed by atoms with Crippen LogP contribution in [0, 0.1) is 11.8 Å². The van der Waals surface area contributed by atoms with Crippen LogP contribution in [-0.4, -0.2) is 11.9 Å². The third-order valence-corrected chi connectivity index (χ3v) is 15.8. The number of allylic oxidation sites excluding steroid dienone is 4. The molecule has 0 N–H and O–H groups in total. The minimum absolute atomic E-state index is 0.135. The number of hydrogen-bond donors (Lipinski definition) is 0. The highest BCUT2D eigenvalue weighted by molar-refractivity contribution is 5.87. The van der Waals surface area contributed by atoms with E-state index in [-0.39, 0.29) is 23.8 Å². The lowest BCUT2D eigenvalue weighted by atomic mass is 9.93. The molecule has 0 rings (SSSR count). The molecule has 0 aromatic rings. The maximum atomic E-state index is 13.9. The van der Waals surface area contributed by atoms with Crippen molar-refractivity contribution >= 4 is 11.9 Å². The zero-order chi connectivity index (χ0) is 51.4. The van der Waals surface area contributed by atoms with Gasteiger partial charge in [-0.25, -0.2) is 0 Å². The molecule has 420 valence electrons. The number of ether oxygens (including phenoxy) is 1. The Labute approximate surface area is 447 Å². The number of hydrogen-bond acceptors (Lipinski definition) is 3. The summed E-state index contributed by atoms with van der Waals surface area (Å²) in [5.74, 6) is -0.685. The van der Waals surface area contributed by atoms with Crippen LogP contribution in [0.1, 0.15) is 387 Å². The molecular weight excluding hydrogens is 865 g/mol. The monoisotopic (exact) mass is 995 g/mol. The van der Waals surface area contributed by atoms with Crippen LogP contribution in [0.25, 0.3) is 0 Å². The molecule has 0 bridgehead atoms. The second-order valence-corrected chi connectivity index (χ2v) is 22.9. The Bertz CT molecular complexity index is 1010. The van der Waals surface area contributed by atoms with E-state index in [0.29, 0.717) is 0 Å². The average molecular weight is 996 g/mol. The molecule has 0 aliphatic carbocycles. The second kappa shape index (κ2) is 61.2. The Morgan fingerprint density at radius 1 is 0.239 bits per heavy atom. The van der Waals surface area contributed by atoms with E-state index in [9.17, 15) is 9.59 Å². The summed E-state index contributed by atoms with van der Waals surface area (Å²) in [5, 5.41) is 0. The molecule has 0 heterocycles. The number of rotatable bonds is 60. The van der Waals surface area contributed by atoms with Crippen LogP contribution in [0.15, 0.2) is 24.3 Å². The second-order valence-electron chi connectivity index (χ2n) is 22.9. The molecule has 2 unspecified atom stereocenters. The van der Waals surface area contributed by atoms with Crippen molar-refractivity contribution in [2.75, 3.05) is 0 Å². The van der Waals surface area contributed by atoms with Gasteiger partial charge in [-0.15, -0.1) is 0 Å². The fourth-order valence-electron chi connectivity index (χ4n) is 10.8. The van der Waals surface area contributed by atoms with E-state index in [1.807, 2.05) is 0 Å². The highest BCUT2D eigenvalue weighted by Gasteiger charge is 2.27. The molecule has 0 spiro atoms. The highest BCUT2D eigenvalue weighted by Crippen LogP contribution is 2.25. The van der Waals surface area contributed by atoms with Crippen molar-refractivity contribution < 1.29 is 14.3 Å². The summed E-state index contributed by atoms with van der Waals surface area (Å²) < 4.78 is 5.96. The fraction of sp³-hybridized carbons (Fsp3) is 0.912. The minimum Gasteiger partial charge on any atom is -0.393 e. The molecular formula is C68H130O3. The lowest BCUT2D eigenvalue weighted by Gasteiger charge is -2.19. The number of unbranched alkanes of at least 4 members (excludes halogenated alkanes) is 46. The Kier molecular flexibility index (Phi) is 60.0. The fourth-order valence-corrected chi connectivity index (χ4v) is 10.8. The number of carbonyl (C=O) groups excluding carboxylic acids is 2. The first-order chi connectivity index (χ1) is 35.1. The maximum absolute atomic E-state index is 13.9. The molecule has 3 heteroatoms. The van der Waals surface area contributed by atoms with Crippen LogP contribution in [0.4, 0.5) is 0 Å². The van der Waals surface area contributed by atoms with Gasteiger partial charge in [0.15, 0.2) is 0 Å². The lowest BCUT2D eigenvalue weighted by molar-refractivity contribution is -0.166. The van der Waals surface area contributed by atoms with Crippen LogP contribution in [0.3, 0.4) is 0 Å². The van der Waals surface area contributed by atoms with Crippen molar-refractivity contribution in [3.8, 4) is 0 Å². The molecule has 0 aromatic carbocycles. The van der Waals surface area contributed by atoms with E-state index >= 15 is 0 Å². The van der Waals surface area contributed by atoms with E-state index in [4.69, 9.17) is 4.74 Å². The van der Waals surface area contributed by atoms with Gasteiger partial charge in [0.1, 0.15) is 0 Å². The molecule has 0 saturated carbocycles. The van der Waals surface area contributed by atoms with Crippen LogP contribution >= 0.6 is 0 Å². The van der Waals surface area contributed by atoms with Gasteiger partial charge in [-0.3, -0.25) is 9.59 Å². The first-order valence-electron chi connectivity index (χ1n) is 33.2. The summed E-state index contributed by atoms with van der Waals surface area (Å²) in [4.78, 5) is 27.9. The first-order valence-corrected chi connectivity index (χ1v) is 33.2. The standard InChI is InChI=1S/C68H130O3/c1-5-9-13-17-21-25-29-33-37-41-45-49-53-57-61-65(62-58-54-50-46-42-38-34-30-26-22-18-14-10-6-2)67(69)71-68(70)66(63-59-55-51-47-43-39-35-31-27-23-19-15-11-7-3)64-60-56-52-48-44-40-36-32-28-24-20-16-12-8-4/h33,35,37,39,65-66H,5-32,34,36,38,40-64H2,1-4H3. The summed E-state index contributed by atoms with van der Waals surface area (Å²) in [7, 11) is 0. The van der Waals surface area contributed by atoms with Gasteiger partial charge >= 0.3 is 11.9 Å². The zero-order valence-corrected chi connectivity index (χ0v) is 49.3. The summed E-state index contributed by atoms with van der Waals surface area (Å²) >= 11 is 0. The van der Waals surface area contributed by atoms with E-state index in [0.717, 1.165) is 51.4 Å². The summed E-state index contributed by atoms with van der Waals surface area (Å²) in [6, 6.07) is 0.